The van der Waals surface area contributed by atoms with Crippen LogP contribution in [0.15, 0.2) is 30.3 Å². The highest BCUT2D eigenvalue weighted by Crippen LogP contribution is 2.28. The Balaban J connectivity index is 0.00000127. The van der Waals surface area contributed by atoms with Gasteiger partial charge in [0, 0.05) is 7.05 Å². The molecule has 2 aromatic rings. The summed E-state index contributed by atoms with van der Waals surface area (Å²) in [6, 6.07) is 6.23. The van der Waals surface area contributed by atoms with Crippen molar-refractivity contribution in [3.05, 3.63) is 58.9 Å². The number of benzene rings is 2. The van der Waals surface area contributed by atoms with E-state index in [1.54, 1.807) is 13.0 Å². The van der Waals surface area contributed by atoms with Crippen LogP contribution in [0.5, 0.6) is 0 Å². The number of hydrogen-bond acceptors (Lipinski definition) is 2. The lowest BCUT2D eigenvalue weighted by Crippen LogP contribution is -2.20. The summed E-state index contributed by atoms with van der Waals surface area (Å²) < 4.78 is 41.1. The van der Waals surface area contributed by atoms with E-state index >= 15 is 0 Å². The third-order valence-electron chi connectivity index (χ3n) is 2.95. The molecule has 0 saturated heterocycles. The number of amides is 1. The van der Waals surface area contributed by atoms with E-state index in [1.807, 2.05) is 13.8 Å². The molecular formula is C17H19F3N2O. The number of carbonyl (C=O) groups excluding carboxylic acids is 1. The molecule has 0 aliphatic rings. The van der Waals surface area contributed by atoms with Gasteiger partial charge in [-0.05, 0) is 36.8 Å². The lowest BCUT2D eigenvalue weighted by Gasteiger charge is -2.13. The van der Waals surface area contributed by atoms with Crippen LogP contribution in [0.1, 0.15) is 29.8 Å². The summed E-state index contributed by atoms with van der Waals surface area (Å²) in [4.78, 5) is 11.7. The largest absolute Gasteiger partial charge is 0.355 e. The van der Waals surface area contributed by atoms with Gasteiger partial charge in [0.2, 0.25) is 0 Å². The number of rotatable bonds is 3. The summed E-state index contributed by atoms with van der Waals surface area (Å²) in [5.41, 5.74) is 0.119. The molecule has 0 saturated carbocycles. The van der Waals surface area contributed by atoms with Crippen LogP contribution in [-0.2, 0) is 0 Å². The molecule has 23 heavy (non-hydrogen) atoms. The molecule has 0 unspecified atom stereocenters. The molecule has 3 nitrogen and oxygen atoms in total. The summed E-state index contributed by atoms with van der Waals surface area (Å²) in [6.45, 7) is 5.70. The van der Waals surface area contributed by atoms with E-state index in [2.05, 4.69) is 10.6 Å². The Hall–Kier alpha value is -2.50. The maximum Gasteiger partial charge on any atom is 0.253 e. The minimum atomic E-state index is -1.24. The van der Waals surface area contributed by atoms with Crippen LogP contribution in [0.25, 0.3) is 0 Å². The van der Waals surface area contributed by atoms with Crippen molar-refractivity contribution in [1.82, 2.24) is 5.32 Å². The molecule has 124 valence electrons. The first-order valence-electron chi connectivity index (χ1n) is 7.17. The van der Waals surface area contributed by atoms with Gasteiger partial charge in [-0.3, -0.25) is 4.79 Å². The highest BCUT2D eigenvalue weighted by Gasteiger charge is 2.19. The SMILES string of the molecule is CC.CNC(=O)c1ccc(F)c(F)c1Nc1ccc(C)cc1F. The molecule has 0 aliphatic heterocycles. The number of hydrogen-bond donors (Lipinski definition) is 2. The number of nitrogens with one attached hydrogen (secondary N) is 2. The fraction of sp³-hybridized carbons (Fsp3) is 0.235. The van der Waals surface area contributed by atoms with Gasteiger partial charge in [0.05, 0.1) is 16.9 Å². The van der Waals surface area contributed by atoms with Crippen molar-refractivity contribution in [1.29, 1.82) is 0 Å². The summed E-state index contributed by atoms with van der Waals surface area (Å²) >= 11 is 0. The molecule has 2 rings (SSSR count). The van der Waals surface area contributed by atoms with Gasteiger partial charge in [-0.1, -0.05) is 19.9 Å². The number of aryl methyl sites for hydroxylation is 1. The van der Waals surface area contributed by atoms with Crippen molar-refractivity contribution in [2.24, 2.45) is 0 Å². The number of halogens is 3. The van der Waals surface area contributed by atoms with Gasteiger partial charge < -0.3 is 10.6 Å². The Bertz CT molecular complexity index is 702. The van der Waals surface area contributed by atoms with E-state index in [9.17, 15) is 18.0 Å². The summed E-state index contributed by atoms with van der Waals surface area (Å²) in [6.07, 6.45) is 0. The smallest absolute Gasteiger partial charge is 0.253 e. The van der Waals surface area contributed by atoms with Crippen LogP contribution < -0.4 is 10.6 Å². The van der Waals surface area contributed by atoms with E-state index < -0.39 is 29.0 Å². The third-order valence-corrected chi connectivity index (χ3v) is 2.95. The van der Waals surface area contributed by atoms with Crippen LogP contribution in [0, 0.1) is 24.4 Å². The molecule has 0 radical (unpaired) electrons. The molecule has 0 aliphatic carbocycles. The Kier molecular flexibility index (Phi) is 6.63. The second-order valence-corrected chi connectivity index (χ2v) is 4.47. The van der Waals surface area contributed by atoms with Gasteiger partial charge in [-0.25, -0.2) is 13.2 Å². The molecule has 1 amide bonds. The average Bonchev–Trinajstić information content (AvgIpc) is 2.55. The van der Waals surface area contributed by atoms with Crippen molar-refractivity contribution in [3.8, 4) is 0 Å². The van der Waals surface area contributed by atoms with Crippen molar-refractivity contribution >= 4 is 17.3 Å². The molecule has 0 spiro atoms. The molecule has 0 atom stereocenters. The van der Waals surface area contributed by atoms with Gasteiger partial charge in [0.1, 0.15) is 5.82 Å². The van der Waals surface area contributed by atoms with Crippen LogP contribution >= 0.6 is 0 Å². The van der Waals surface area contributed by atoms with Crippen molar-refractivity contribution in [2.75, 3.05) is 12.4 Å². The van der Waals surface area contributed by atoms with Crippen LogP contribution in [0.4, 0.5) is 24.5 Å². The van der Waals surface area contributed by atoms with E-state index in [4.69, 9.17) is 0 Å². The van der Waals surface area contributed by atoms with Gasteiger partial charge >= 0.3 is 0 Å². The Labute approximate surface area is 133 Å². The lowest BCUT2D eigenvalue weighted by atomic mass is 10.1. The molecule has 6 heteroatoms. The average molecular weight is 324 g/mol. The van der Waals surface area contributed by atoms with Crippen LogP contribution in [0.3, 0.4) is 0 Å². The minimum absolute atomic E-state index is 0.0461. The molecule has 2 aromatic carbocycles. The molecular weight excluding hydrogens is 305 g/mol. The zero-order chi connectivity index (χ0) is 17.6. The van der Waals surface area contributed by atoms with Gasteiger partial charge in [-0.2, -0.15) is 0 Å². The lowest BCUT2D eigenvalue weighted by molar-refractivity contribution is 0.0963. The van der Waals surface area contributed by atoms with Crippen LogP contribution in [-0.4, -0.2) is 13.0 Å². The van der Waals surface area contributed by atoms with Crippen molar-refractivity contribution in [2.45, 2.75) is 20.8 Å². The fourth-order valence-electron chi connectivity index (χ4n) is 1.85. The zero-order valence-electron chi connectivity index (χ0n) is 13.4. The summed E-state index contributed by atoms with van der Waals surface area (Å²) in [5, 5.41) is 4.76. The second kappa shape index (κ2) is 8.22. The quantitative estimate of drug-likeness (QED) is 0.870. The first kappa shape index (κ1) is 18.5. The summed E-state index contributed by atoms with van der Waals surface area (Å²) in [7, 11) is 1.36. The maximum atomic E-state index is 13.9. The monoisotopic (exact) mass is 324 g/mol. The van der Waals surface area contributed by atoms with E-state index in [0.29, 0.717) is 5.56 Å². The van der Waals surface area contributed by atoms with Crippen LogP contribution in [0.2, 0.25) is 0 Å². The van der Waals surface area contributed by atoms with Gasteiger partial charge in [0.25, 0.3) is 5.91 Å². The molecule has 0 aromatic heterocycles. The van der Waals surface area contributed by atoms with E-state index in [1.165, 1.54) is 19.2 Å². The normalized spacial score (nSPS) is 9.70. The van der Waals surface area contributed by atoms with Gasteiger partial charge in [0.15, 0.2) is 11.6 Å². The summed E-state index contributed by atoms with van der Waals surface area (Å²) in [5.74, 6) is -3.60. The van der Waals surface area contributed by atoms with Crippen molar-refractivity contribution < 1.29 is 18.0 Å². The predicted octanol–water partition coefficient (Wildman–Crippen LogP) is 4.54. The molecule has 0 bridgehead atoms. The molecule has 2 N–H and O–H groups in total. The standard InChI is InChI=1S/C15H13F3N2O.C2H6/c1-8-3-6-12(11(17)7-8)20-14-9(15(21)19-2)4-5-10(16)13(14)18;1-2/h3-7,20H,1-2H3,(H,19,21);1-2H3. The maximum absolute atomic E-state index is 13.9. The zero-order valence-corrected chi connectivity index (χ0v) is 13.4. The van der Waals surface area contributed by atoms with E-state index in [-0.39, 0.29) is 11.3 Å². The molecule has 0 heterocycles. The Morgan fingerprint density at radius 2 is 1.65 bits per heavy atom. The molecule has 0 fully saturated rings. The third kappa shape index (κ3) is 4.25. The predicted molar refractivity (Wildman–Crippen MR) is 85.5 cm³/mol. The Morgan fingerprint density at radius 3 is 2.22 bits per heavy atom. The number of carbonyl (C=O) groups is 1. The van der Waals surface area contributed by atoms with Gasteiger partial charge in [-0.15, -0.1) is 0 Å². The number of anilines is 2. The Morgan fingerprint density at radius 1 is 1.00 bits per heavy atom. The first-order chi connectivity index (χ1) is 10.9. The minimum Gasteiger partial charge on any atom is -0.355 e. The second-order valence-electron chi connectivity index (χ2n) is 4.47. The van der Waals surface area contributed by atoms with Crippen molar-refractivity contribution in [3.63, 3.8) is 0 Å². The highest BCUT2D eigenvalue weighted by atomic mass is 19.2. The van der Waals surface area contributed by atoms with E-state index in [0.717, 1.165) is 12.1 Å². The highest BCUT2D eigenvalue weighted by molar-refractivity contribution is 6.00. The first-order valence-corrected chi connectivity index (χ1v) is 7.17. The topological polar surface area (TPSA) is 41.1 Å². The fourth-order valence-corrected chi connectivity index (χ4v) is 1.85.